The van der Waals surface area contributed by atoms with Gasteiger partial charge in [0.15, 0.2) is 11.6 Å². The summed E-state index contributed by atoms with van der Waals surface area (Å²) in [7, 11) is -3.87. The summed E-state index contributed by atoms with van der Waals surface area (Å²) in [6, 6.07) is 10.4. The zero-order valence-corrected chi connectivity index (χ0v) is 16.3. The van der Waals surface area contributed by atoms with Crippen molar-refractivity contribution in [3.63, 3.8) is 0 Å². The van der Waals surface area contributed by atoms with Gasteiger partial charge in [-0.1, -0.05) is 0 Å². The first-order valence-electron chi connectivity index (χ1n) is 8.11. The third kappa shape index (κ3) is 5.72. The lowest BCUT2D eigenvalue weighted by molar-refractivity contribution is -0.113. The lowest BCUT2D eigenvalue weighted by Crippen LogP contribution is -2.16. The van der Waals surface area contributed by atoms with Crippen LogP contribution in [0.3, 0.4) is 0 Å². The maximum atomic E-state index is 13.2. The first-order chi connectivity index (χ1) is 13.8. The number of halogens is 2. The molecule has 0 radical (unpaired) electrons. The molecule has 3 rings (SSSR count). The Labute approximate surface area is 169 Å². The van der Waals surface area contributed by atoms with E-state index in [4.69, 9.17) is 0 Å². The topological polar surface area (TPSA) is 101 Å². The van der Waals surface area contributed by atoms with E-state index >= 15 is 0 Å². The van der Waals surface area contributed by atoms with E-state index < -0.39 is 21.7 Å². The van der Waals surface area contributed by atoms with Crippen LogP contribution >= 0.6 is 11.8 Å². The Morgan fingerprint density at radius 2 is 1.69 bits per heavy atom. The van der Waals surface area contributed by atoms with Gasteiger partial charge in [0.2, 0.25) is 11.9 Å². The van der Waals surface area contributed by atoms with Crippen LogP contribution in [0.2, 0.25) is 0 Å². The molecule has 1 heterocycles. The van der Waals surface area contributed by atoms with Crippen LogP contribution in [0.5, 0.6) is 0 Å². The number of nitrogens with zero attached hydrogens (tertiary/aromatic N) is 2. The monoisotopic (exact) mass is 436 g/mol. The van der Waals surface area contributed by atoms with Gasteiger partial charge in [0.05, 0.1) is 10.6 Å². The number of aromatic nitrogens is 2. The average Bonchev–Trinajstić information content (AvgIpc) is 2.70. The van der Waals surface area contributed by atoms with Gasteiger partial charge in [0, 0.05) is 23.0 Å². The Kier molecular flexibility index (Phi) is 6.39. The number of benzene rings is 2. The molecule has 1 aromatic heterocycles. The van der Waals surface area contributed by atoms with Crippen molar-refractivity contribution in [1.29, 1.82) is 0 Å². The molecule has 29 heavy (non-hydrogen) atoms. The second kappa shape index (κ2) is 8.97. The van der Waals surface area contributed by atoms with Crippen LogP contribution in [0.4, 0.5) is 20.4 Å². The molecule has 0 saturated carbocycles. The number of amides is 1. The number of anilines is 2. The zero-order chi connectivity index (χ0) is 20.9. The molecule has 2 N–H and O–H groups in total. The third-order valence-electron chi connectivity index (χ3n) is 3.50. The van der Waals surface area contributed by atoms with Gasteiger partial charge in [-0.3, -0.25) is 4.79 Å². The highest BCUT2D eigenvalue weighted by molar-refractivity contribution is 8.00. The maximum Gasteiger partial charge on any atom is 0.264 e. The largest absolute Gasteiger partial charge is 0.325 e. The van der Waals surface area contributed by atoms with Crippen molar-refractivity contribution in [2.45, 2.75) is 9.79 Å². The van der Waals surface area contributed by atoms with Crippen LogP contribution in [0, 0.1) is 11.6 Å². The van der Waals surface area contributed by atoms with E-state index in [1.807, 2.05) is 0 Å². The molecule has 0 spiro atoms. The molecule has 0 atom stereocenters. The molecular formula is C18H14F2N4O3S2. The highest BCUT2D eigenvalue weighted by atomic mass is 32.2. The van der Waals surface area contributed by atoms with Crippen molar-refractivity contribution in [3.8, 4) is 0 Å². The third-order valence-corrected chi connectivity index (χ3v) is 5.84. The Hall–Kier alpha value is -3.05. The Morgan fingerprint density at radius 1 is 1.00 bits per heavy atom. The standard InChI is InChI=1S/C18H14F2N4O3S2/c19-15-7-4-13(10-16(15)20)28-11-17(25)23-12-2-5-14(6-3-12)29(26,27)24-18-21-8-1-9-22-18/h1-10H,11H2,(H,23,25)(H,21,22,24). The molecule has 11 heteroatoms. The predicted octanol–water partition coefficient (Wildman–Crippen LogP) is 3.29. The first-order valence-corrected chi connectivity index (χ1v) is 10.6. The molecule has 0 saturated heterocycles. The van der Waals surface area contributed by atoms with Crippen LogP contribution in [0.1, 0.15) is 0 Å². The molecule has 1 amide bonds. The van der Waals surface area contributed by atoms with Gasteiger partial charge in [-0.15, -0.1) is 11.8 Å². The van der Waals surface area contributed by atoms with Crippen molar-refractivity contribution in [2.75, 3.05) is 15.8 Å². The fraction of sp³-hybridized carbons (Fsp3) is 0.0556. The van der Waals surface area contributed by atoms with Crippen molar-refractivity contribution >= 4 is 39.3 Å². The van der Waals surface area contributed by atoms with Gasteiger partial charge in [0.25, 0.3) is 10.0 Å². The molecule has 7 nitrogen and oxygen atoms in total. The molecule has 0 aliphatic rings. The minimum Gasteiger partial charge on any atom is -0.325 e. The fourth-order valence-electron chi connectivity index (χ4n) is 2.16. The lowest BCUT2D eigenvalue weighted by Gasteiger charge is -2.08. The van der Waals surface area contributed by atoms with Gasteiger partial charge < -0.3 is 5.32 Å². The van der Waals surface area contributed by atoms with E-state index in [9.17, 15) is 22.0 Å². The smallest absolute Gasteiger partial charge is 0.264 e. The second-order valence-electron chi connectivity index (χ2n) is 5.62. The minimum absolute atomic E-state index is 0.0286. The summed E-state index contributed by atoms with van der Waals surface area (Å²) in [5, 5.41) is 2.60. The van der Waals surface area contributed by atoms with E-state index in [2.05, 4.69) is 20.0 Å². The summed E-state index contributed by atoms with van der Waals surface area (Å²) in [6.07, 6.45) is 2.81. The Morgan fingerprint density at radius 3 is 2.34 bits per heavy atom. The van der Waals surface area contributed by atoms with Gasteiger partial charge in [-0.25, -0.2) is 31.9 Å². The van der Waals surface area contributed by atoms with Crippen LogP contribution < -0.4 is 10.0 Å². The van der Waals surface area contributed by atoms with Crippen molar-refractivity contribution < 1.29 is 22.0 Å². The van der Waals surface area contributed by atoms with Crippen LogP contribution in [-0.2, 0) is 14.8 Å². The summed E-state index contributed by atoms with van der Waals surface area (Å²) >= 11 is 1.04. The molecule has 0 aliphatic carbocycles. The number of rotatable bonds is 7. The Balaban J connectivity index is 1.58. The Bertz CT molecular complexity index is 1110. The van der Waals surface area contributed by atoms with E-state index in [0.29, 0.717) is 10.6 Å². The highest BCUT2D eigenvalue weighted by Crippen LogP contribution is 2.21. The predicted molar refractivity (Wildman–Crippen MR) is 105 cm³/mol. The molecule has 0 aliphatic heterocycles. The fourth-order valence-corrected chi connectivity index (χ4v) is 3.84. The number of carbonyl (C=O) groups is 1. The quantitative estimate of drug-likeness (QED) is 0.551. The number of sulfonamides is 1. The number of carbonyl (C=O) groups excluding carboxylic acids is 1. The van der Waals surface area contributed by atoms with Gasteiger partial charge in [-0.2, -0.15) is 0 Å². The average molecular weight is 436 g/mol. The second-order valence-corrected chi connectivity index (χ2v) is 8.35. The van der Waals surface area contributed by atoms with Gasteiger partial charge in [-0.05, 0) is 48.5 Å². The van der Waals surface area contributed by atoms with Gasteiger partial charge in [0.1, 0.15) is 0 Å². The summed E-state index contributed by atoms with van der Waals surface area (Å²) in [6.45, 7) is 0. The van der Waals surface area contributed by atoms with Crippen molar-refractivity contribution in [2.24, 2.45) is 0 Å². The first kappa shape index (κ1) is 20.7. The van der Waals surface area contributed by atoms with Crippen LogP contribution in [0.25, 0.3) is 0 Å². The van der Waals surface area contributed by atoms with Gasteiger partial charge >= 0.3 is 0 Å². The van der Waals surface area contributed by atoms with Crippen molar-refractivity contribution in [3.05, 3.63) is 72.6 Å². The summed E-state index contributed by atoms with van der Waals surface area (Å²) in [4.78, 5) is 20.0. The van der Waals surface area contributed by atoms with E-state index in [1.165, 1.54) is 42.7 Å². The van der Waals surface area contributed by atoms with Crippen molar-refractivity contribution in [1.82, 2.24) is 9.97 Å². The summed E-state index contributed by atoms with van der Waals surface area (Å²) in [5.41, 5.74) is 0.385. The zero-order valence-electron chi connectivity index (χ0n) is 14.7. The summed E-state index contributed by atoms with van der Waals surface area (Å²) < 4.78 is 52.9. The molecule has 2 aromatic carbocycles. The maximum absolute atomic E-state index is 13.2. The van der Waals surface area contributed by atoms with E-state index in [1.54, 1.807) is 6.07 Å². The molecular weight excluding hydrogens is 422 g/mol. The minimum atomic E-state index is -3.87. The lowest BCUT2D eigenvalue weighted by atomic mass is 10.3. The number of nitrogens with one attached hydrogen (secondary N) is 2. The number of hydrogen-bond donors (Lipinski definition) is 2. The molecule has 0 unspecified atom stereocenters. The van der Waals surface area contributed by atoms with Crippen LogP contribution in [0.15, 0.2) is 70.7 Å². The summed E-state index contributed by atoms with van der Waals surface area (Å²) in [5.74, 6) is -2.41. The molecule has 0 bridgehead atoms. The molecule has 150 valence electrons. The number of hydrogen-bond acceptors (Lipinski definition) is 6. The SMILES string of the molecule is O=C(CSc1ccc(F)c(F)c1)Nc1ccc(S(=O)(=O)Nc2ncccn2)cc1. The van der Waals surface area contributed by atoms with E-state index in [0.717, 1.165) is 23.9 Å². The van der Waals surface area contributed by atoms with Crippen LogP contribution in [-0.4, -0.2) is 30.0 Å². The molecule has 3 aromatic rings. The molecule has 0 fully saturated rings. The number of thioether (sulfide) groups is 1. The van der Waals surface area contributed by atoms with E-state index in [-0.39, 0.29) is 22.5 Å². The normalized spacial score (nSPS) is 11.1. The highest BCUT2D eigenvalue weighted by Gasteiger charge is 2.15.